The van der Waals surface area contributed by atoms with Crippen LogP contribution in [-0.2, 0) is 16.1 Å². The molecule has 0 unspecified atom stereocenters. The van der Waals surface area contributed by atoms with Crippen LogP contribution in [0.2, 0.25) is 0 Å². The molecule has 0 N–H and O–H groups in total. The summed E-state index contributed by atoms with van der Waals surface area (Å²) >= 11 is 0. The van der Waals surface area contributed by atoms with Crippen LogP contribution in [0.5, 0.6) is 0 Å². The average molecular weight is 282 g/mol. The van der Waals surface area contributed by atoms with Gasteiger partial charge in [-0.2, -0.15) is 0 Å². The van der Waals surface area contributed by atoms with Crippen molar-refractivity contribution in [2.45, 2.75) is 39.2 Å². The van der Waals surface area contributed by atoms with Crippen LogP contribution in [0.3, 0.4) is 0 Å². The minimum Gasteiger partial charge on any atom is -0.466 e. The third-order valence-corrected chi connectivity index (χ3v) is 2.76. The number of ether oxygens (including phenoxy) is 1. The summed E-state index contributed by atoms with van der Waals surface area (Å²) in [7, 11) is 0. The fourth-order valence-electron chi connectivity index (χ4n) is 1.76. The molecule has 1 rings (SSSR count). The van der Waals surface area contributed by atoms with Gasteiger partial charge in [-0.25, -0.2) is 0 Å². The predicted octanol–water partition coefficient (Wildman–Crippen LogP) is 1.88. The fraction of sp³-hybridized carbons (Fsp3) is 0.538. The Hall–Kier alpha value is -2.18. The van der Waals surface area contributed by atoms with Crippen molar-refractivity contribution in [3.63, 3.8) is 0 Å². The molecule has 0 aliphatic carbocycles. The van der Waals surface area contributed by atoms with Gasteiger partial charge >= 0.3 is 11.7 Å². The number of esters is 1. The molecule has 20 heavy (non-hydrogen) atoms. The second kappa shape index (κ2) is 8.08. The highest BCUT2D eigenvalue weighted by molar-refractivity contribution is 5.69. The van der Waals surface area contributed by atoms with Gasteiger partial charge in [0.25, 0.3) is 5.43 Å². The van der Waals surface area contributed by atoms with Crippen LogP contribution in [0, 0.1) is 10.1 Å². The van der Waals surface area contributed by atoms with Gasteiger partial charge in [0.15, 0.2) is 0 Å². The molecule has 0 amide bonds. The van der Waals surface area contributed by atoms with Crippen LogP contribution in [0.1, 0.15) is 32.6 Å². The van der Waals surface area contributed by atoms with Crippen LogP contribution in [0.15, 0.2) is 23.3 Å². The monoisotopic (exact) mass is 282 g/mol. The van der Waals surface area contributed by atoms with Gasteiger partial charge in [0.1, 0.15) is 0 Å². The van der Waals surface area contributed by atoms with E-state index in [1.165, 1.54) is 18.5 Å². The number of carbonyl (C=O) groups is 1. The number of nitrogens with zero attached hydrogens (tertiary/aromatic N) is 2. The molecule has 0 radical (unpaired) electrons. The molecule has 0 aromatic carbocycles. The summed E-state index contributed by atoms with van der Waals surface area (Å²) in [6.45, 7) is 2.73. The molecule has 1 aromatic heterocycles. The van der Waals surface area contributed by atoms with Gasteiger partial charge in [-0.05, 0) is 19.8 Å². The first kappa shape index (κ1) is 15.9. The van der Waals surface area contributed by atoms with E-state index in [4.69, 9.17) is 4.74 Å². The van der Waals surface area contributed by atoms with Crippen molar-refractivity contribution in [2.75, 3.05) is 6.61 Å². The Bertz CT molecular complexity index is 524. The number of aryl methyl sites for hydroxylation is 1. The van der Waals surface area contributed by atoms with Crippen molar-refractivity contribution >= 4 is 11.7 Å². The molecule has 0 saturated carbocycles. The first-order valence-electron chi connectivity index (χ1n) is 6.54. The Kier molecular flexibility index (Phi) is 6.42. The topological polar surface area (TPSA) is 91.4 Å². The Morgan fingerprint density at radius 2 is 2.15 bits per heavy atom. The molecule has 0 spiro atoms. The Morgan fingerprint density at radius 1 is 1.40 bits per heavy atom. The fourth-order valence-corrected chi connectivity index (χ4v) is 1.76. The third kappa shape index (κ3) is 5.21. The van der Waals surface area contributed by atoms with Crippen molar-refractivity contribution in [3.05, 3.63) is 38.8 Å². The molecule has 1 aromatic rings. The van der Waals surface area contributed by atoms with Crippen molar-refractivity contribution in [3.8, 4) is 0 Å². The van der Waals surface area contributed by atoms with Crippen LogP contribution >= 0.6 is 0 Å². The molecule has 0 fully saturated rings. The zero-order valence-electron chi connectivity index (χ0n) is 11.4. The molecule has 0 aliphatic rings. The van der Waals surface area contributed by atoms with Crippen molar-refractivity contribution in [1.82, 2.24) is 4.57 Å². The smallest absolute Gasteiger partial charge is 0.332 e. The van der Waals surface area contributed by atoms with E-state index in [1.807, 2.05) is 0 Å². The van der Waals surface area contributed by atoms with E-state index in [2.05, 4.69) is 0 Å². The number of pyridine rings is 1. The molecule has 0 atom stereocenters. The molecule has 0 aliphatic heterocycles. The Labute approximate surface area is 116 Å². The summed E-state index contributed by atoms with van der Waals surface area (Å²) in [6, 6.07) is 1.19. The summed E-state index contributed by atoms with van der Waals surface area (Å²) in [6.07, 6.45) is 5.48. The molecule has 7 heteroatoms. The van der Waals surface area contributed by atoms with Crippen molar-refractivity contribution in [2.24, 2.45) is 0 Å². The summed E-state index contributed by atoms with van der Waals surface area (Å²) < 4.78 is 6.42. The third-order valence-electron chi connectivity index (χ3n) is 2.76. The minimum absolute atomic E-state index is 0.202. The molecule has 7 nitrogen and oxygen atoms in total. The molecule has 1 heterocycles. The van der Waals surface area contributed by atoms with E-state index in [9.17, 15) is 19.7 Å². The molecule has 110 valence electrons. The number of unbranched alkanes of at least 4 members (excludes halogenated alkanes) is 2. The van der Waals surface area contributed by atoms with Gasteiger partial charge < -0.3 is 9.30 Å². The molecule has 0 saturated heterocycles. The maximum Gasteiger partial charge on any atom is 0.332 e. The lowest BCUT2D eigenvalue weighted by Crippen LogP contribution is -2.11. The maximum absolute atomic E-state index is 11.2. The highest BCUT2D eigenvalue weighted by atomic mass is 16.6. The lowest BCUT2D eigenvalue weighted by Gasteiger charge is -2.05. The largest absolute Gasteiger partial charge is 0.466 e. The normalized spacial score (nSPS) is 10.2. The number of hydrogen-bond acceptors (Lipinski definition) is 5. The van der Waals surface area contributed by atoms with E-state index in [-0.39, 0.29) is 5.97 Å². The summed E-state index contributed by atoms with van der Waals surface area (Å²) in [5.41, 5.74) is -1.01. The van der Waals surface area contributed by atoms with Crippen LogP contribution in [0.25, 0.3) is 0 Å². The van der Waals surface area contributed by atoms with Gasteiger partial charge in [-0.1, -0.05) is 6.42 Å². The standard InChI is InChI=1S/C13H18N2O5/c1-2-20-13(17)6-4-3-5-8-14-9-7-12(16)11(10-14)15(18)19/h7,9-10H,2-6,8H2,1H3. The zero-order chi connectivity index (χ0) is 15.0. The first-order valence-corrected chi connectivity index (χ1v) is 6.54. The van der Waals surface area contributed by atoms with E-state index in [0.29, 0.717) is 19.6 Å². The average Bonchev–Trinajstić information content (AvgIpc) is 2.40. The number of nitro groups is 1. The molecule has 0 bridgehead atoms. The van der Waals surface area contributed by atoms with Gasteiger partial charge in [-0.15, -0.1) is 0 Å². The minimum atomic E-state index is -0.681. The Morgan fingerprint density at radius 3 is 2.80 bits per heavy atom. The Balaban J connectivity index is 2.36. The first-order chi connectivity index (χ1) is 9.54. The maximum atomic E-state index is 11.2. The number of carbonyl (C=O) groups excluding carboxylic acids is 1. The second-order valence-electron chi connectivity index (χ2n) is 4.30. The van der Waals surface area contributed by atoms with E-state index in [0.717, 1.165) is 19.3 Å². The highest BCUT2D eigenvalue weighted by Crippen LogP contribution is 2.06. The van der Waals surface area contributed by atoms with Crippen molar-refractivity contribution < 1.29 is 14.5 Å². The van der Waals surface area contributed by atoms with Gasteiger partial charge in [0.05, 0.1) is 17.7 Å². The molecular formula is C13H18N2O5. The molecular weight excluding hydrogens is 264 g/mol. The number of hydrogen-bond donors (Lipinski definition) is 0. The highest BCUT2D eigenvalue weighted by Gasteiger charge is 2.11. The number of aromatic nitrogens is 1. The quantitative estimate of drug-likeness (QED) is 0.314. The van der Waals surface area contributed by atoms with Crippen LogP contribution in [0.4, 0.5) is 5.69 Å². The van der Waals surface area contributed by atoms with Gasteiger partial charge in [-0.3, -0.25) is 19.7 Å². The number of rotatable bonds is 8. The van der Waals surface area contributed by atoms with Crippen molar-refractivity contribution in [1.29, 1.82) is 0 Å². The lowest BCUT2D eigenvalue weighted by molar-refractivity contribution is -0.386. The van der Waals surface area contributed by atoms with Crippen LogP contribution < -0.4 is 5.43 Å². The lowest BCUT2D eigenvalue weighted by atomic mass is 10.2. The summed E-state index contributed by atoms with van der Waals surface area (Å²) in [5, 5.41) is 10.6. The van der Waals surface area contributed by atoms with E-state index >= 15 is 0 Å². The predicted molar refractivity (Wildman–Crippen MR) is 72.5 cm³/mol. The summed E-state index contributed by atoms with van der Waals surface area (Å²) in [5.74, 6) is -0.202. The zero-order valence-corrected chi connectivity index (χ0v) is 11.4. The van der Waals surface area contributed by atoms with Gasteiger partial charge in [0, 0.05) is 25.2 Å². The SMILES string of the molecule is CCOC(=O)CCCCCn1ccc(=O)c([N+](=O)[O-])c1. The van der Waals surface area contributed by atoms with Crippen LogP contribution in [-0.4, -0.2) is 22.1 Å². The summed E-state index contributed by atoms with van der Waals surface area (Å²) in [4.78, 5) is 32.3. The second-order valence-corrected chi connectivity index (χ2v) is 4.30. The van der Waals surface area contributed by atoms with E-state index < -0.39 is 16.0 Å². The van der Waals surface area contributed by atoms with Gasteiger partial charge in [0.2, 0.25) is 0 Å². The van der Waals surface area contributed by atoms with E-state index in [1.54, 1.807) is 11.5 Å².